The molecule has 1 heterocycles. The third kappa shape index (κ3) is 3.30. The van der Waals surface area contributed by atoms with Crippen LogP contribution in [0.5, 0.6) is 0 Å². The van der Waals surface area contributed by atoms with Gasteiger partial charge < -0.3 is 10.6 Å². The van der Waals surface area contributed by atoms with Crippen LogP contribution in [0.25, 0.3) is 0 Å². The van der Waals surface area contributed by atoms with Crippen molar-refractivity contribution in [2.75, 3.05) is 17.2 Å². The highest BCUT2D eigenvalue weighted by atomic mass is 127. The maximum Gasteiger partial charge on any atom is 0.243 e. The van der Waals surface area contributed by atoms with Gasteiger partial charge in [0.05, 0.1) is 23.6 Å². The van der Waals surface area contributed by atoms with Crippen molar-refractivity contribution in [1.29, 1.82) is 0 Å². The number of nitrogens with one attached hydrogen (secondary N) is 2. The van der Waals surface area contributed by atoms with Crippen LogP contribution >= 0.6 is 22.6 Å². The largest absolute Gasteiger partial charge is 0.375 e. The Morgan fingerprint density at radius 2 is 2.05 bits per heavy atom. The van der Waals surface area contributed by atoms with E-state index >= 15 is 0 Å². The van der Waals surface area contributed by atoms with Crippen molar-refractivity contribution in [1.82, 2.24) is 9.78 Å². The average Bonchev–Trinajstić information content (AvgIpc) is 2.64. The smallest absolute Gasteiger partial charge is 0.243 e. The molecule has 0 bridgehead atoms. The number of para-hydroxylation sites is 1. The zero-order valence-corrected chi connectivity index (χ0v) is 13.9. The molecular weight excluding hydrogens is 367 g/mol. The zero-order chi connectivity index (χ0) is 14.7. The average molecular weight is 384 g/mol. The molecule has 0 saturated heterocycles. The molecule has 0 spiro atoms. The molecule has 2 aromatic rings. The Hall–Kier alpha value is -1.57. The topological polar surface area (TPSA) is 59.0 Å². The highest BCUT2D eigenvalue weighted by Gasteiger charge is 2.12. The number of carbonyl (C=O) groups is 1. The van der Waals surface area contributed by atoms with Crippen LogP contribution in [0.2, 0.25) is 0 Å². The lowest BCUT2D eigenvalue weighted by atomic mass is 10.3. The Morgan fingerprint density at radius 1 is 1.35 bits per heavy atom. The third-order valence-electron chi connectivity index (χ3n) is 3.09. The molecule has 20 heavy (non-hydrogen) atoms. The van der Waals surface area contributed by atoms with Crippen LogP contribution < -0.4 is 10.6 Å². The minimum Gasteiger partial charge on any atom is -0.375 e. The maximum atomic E-state index is 12.0. The predicted octanol–water partition coefficient (Wildman–Crippen LogP) is 2.69. The number of halogens is 1. The van der Waals surface area contributed by atoms with E-state index in [0.29, 0.717) is 0 Å². The Labute approximate surface area is 131 Å². The van der Waals surface area contributed by atoms with Crippen LogP contribution in [-0.4, -0.2) is 22.2 Å². The van der Waals surface area contributed by atoms with Gasteiger partial charge in [0.1, 0.15) is 0 Å². The van der Waals surface area contributed by atoms with Crippen molar-refractivity contribution in [2.45, 2.75) is 13.8 Å². The first-order valence-corrected chi connectivity index (χ1v) is 7.35. The highest BCUT2D eigenvalue weighted by molar-refractivity contribution is 14.1. The van der Waals surface area contributed by atoms with Gasteiger partial charge in [-0.25, -0.2) is 0 Å². The molecule has 1 aromatic heterocycles. The van der Waals surface area contributed by atoms with Crippen molar-refractivity contribution in [2.24, 2.45) is 7.05 Å². The van der Waals surface area contributed by atoms with E-state index in [2.05, 4.69) is 38.3 Å². The summed E-state index contributed by atoms with van der Waals surface area (Å²) in [5.41, 5.74) is 3.53. The summed E-state index contributed by atoms with van der Waals surface area (Å²) in [6, 6.07) is 7.86. The minimum atomic E-state index is -0.0798. The molecule has 6 heteroatoms. The van der Waals surface area contributed by atoms with Crippen LogP contribution in [0.1, 0.15) is 11.4 Å². The second kappa shape index (κ2) is 6.25. The van der Waals surface area contributed by atoms with Gasteiger partial charge >= 0.3 is 0 Å². The van der Waals surface area contributed by atoms with Crippen LogP contribution in [0.4, 0.5) is 11.4 Å². The fraction of sp³-hybridized carbons (Fsp3) is 0.286. The lowest BCUT2D eigenvalue weighted by Crippen LogP contribution is -2.22. The van der Waals surface area contributed by atoms with E-state index in [1.165, 1.54) is 0 Å². The van der Waals surface area contributed by atoms with Gasteiger partial charge in [-0.2, -0.15) is 5.10 Å². The fourth-order valence-corrected chi connectivity index (χ4v) is 2.50. The maximum absolute atomic E-state index is 12.0. The molecule has 2 N–H and O–H groups in total. The summed E-state index contributed by atoms with van der Waals surface area (Å²) in [4.78, 5) is 12.0. The van der Waals surface area contributed by atoms with Gasteiger partial charge in [0.15, 0.2) is 0 Å². The molecule has 1 aromatic carbocycles. The van der Waals surface area contributed by atoms with Crippen molar-refractivity contribution < 1.29 is 4.79 Å². The van der Waals surface area contributed by atoms with Crippen molar-refractivity contribution in [3.63, 3.8) is 0 Å². The van der Waals surface area contributed by atoms with Crippen LogP contribution in [0, 0.1) is 17.4 Å². The number of nitrogens with zero attached hydrogens (tertiary/aromatic N) is 2. The van der Waals surface area contributed by atoms with Crippen molar-refractivity contribution >= 4 is 39.9 Å². The Bertz CT molecular complexity index is 636. The summed E-state index contributed by atoms with van der Waals surface area (Å²) in [5, 5.41) is 10.3. The number of benzene rings is 1. The van der Waals surface area contributed by atoms with Gasteiger partial charge in [-0.1, -0.05) is 12.1 Å². The molecule has 0 aliphatic rings. The molecule has 5 nitrogen and oxygen atoms in total. The molecule has 106 valence electrons. The van der Waals surface area contributed by atoms with E-state index in [9.17, 15) is 4.79 Å². The lowest BCUT2D eigenvalue weighted by Gasteiger charge is -2.09. The van der Waals surface area contributed by atoms with Crippen molar-refractivity contribution in [3.8, 4) is 0 Å². The molecule has 0 radical (unpaired) electrons. The third-order valence-corrected chi connectivity index (χ3v) is 4.03. The van der Waals surface area contributed by atoms with E-state index < -0.39 is 0 Å². The molecule has 2 rings (SSSR count). The normalized spacial score (nSPS) is 10.4. The number of hydrogen-bond donors (Lipinski definition) is 2. The summed E-state index contributed by atoms with van der Waals surface area (Å²) >= 11 is 2.24. The molecular formula is C14H17IN4O. The quantitative estimate of drug-likeness (QED) is 0.798. The predicted molar refractivity (Wildman–Crippen MR) is 89.0 cm³/mol. The van der Waals surface area contributed by atoms with Crippen LogP contribution in [0.3, 0.4) is 0 Å². The van der Waals surface area contributed by atoms with E-state index in [1.807, 2.05) is 45.2 Å². The van der Waals surface area contributed by atoms with Gasteiger partial charge in [-0.15, -0.1) is 0 Å². The van der Waals surface area contributed by atoms with Gasteiger partial charge in [-0.05, 0) is 48.6 Å². The lowest BCUT2D eigenvalue weighted by molar-refractivity contribution is -0.114. The summed E-state index contributed by atoms with van der Waals surface area (Å²) in [7, 11) is 1.86. The molecule has 0 atom stereocenters. The molecule has 1 amide bonds. The van der Waals surface area contributed by atoms with Crippen LogP contribution in [0.15, 0.2) is 24.3 Å². The molecule has 0 aliphatic carbocycles. The number of aryl methyl sites for hydroxylation is 2. The van der Waals surface area contributed by atoms with Crippen molar-refractivity contribution in [3.05, 3.63) is 39.2 Å². The second-order valence-electron chi connectivity index (χ2n) is 4.55. The summed E-state index contributed by atoms with van der Waals surface area (Å²) in [6.07, 6.45) is 0. The number of hydrogen-bond acceptors (Lipinski definition) is 3. The SMILES string of the molecule is Cc1nn(C)c(C)c1NC(=O)CNc1ccccc1I. The first-order chi connectivity index (χ1) is 9.49. The van der Waals surface area contributed by atoms with Gasteiger partial charge in [0.25, 0.3) is 0 Å². The summed E-state index contributed by atoms with van der Waals surface area (Å²) < 4.78 is 2.85. The Morgan fingerprint density at radius 3 is 2.65 bits per heavy atom. The molecule has 0 fully saturated rings. The Kier molecular flexibility index (Phi) is 4.64. The van der Waals surface area contributed by atoms with Crippen LogP contribution in [-0.2, 0) is 11.8 Å². The van der Waals surface area contributed by atoms with E-state index in [-0.39, 0.29) is 12.5 Å². The summed E-state index contributed by atoms with van der Waals surface area (Å²) in [6.45, 7) is 4.05. The van der Waals surface area contributed by atoms with E-state index in [0.717, 1.165) is 26.3 Å². The Balaban J connectivity index is 1.98. The fourth-order valence-electron chi connectivity index (χ4n) is 1.92. The number of aromatic nitrogens is 2. The number of carbonyl (C=O) groups excluding carboxylic acids is 1. The zero-order valence-electron chi connectivity index (χ0n) is 11.7. The minimum absolute atomic E-state index is 0.0798. The van der Waals surface area contributed by atoms with Gasteiger partial charge in [0, 0.05) is 16.3 Å². The molecule has 0 saturated carbocycles. The van der Waals surface area contributed by atoms with E-state index in [1.54, 1.807) is 4.68 Å². The first-order valence-electron chi connectivity index (χ1n) is 6.27. The first kappa shape index (κ1) is 14.8. The van der Waals surface area contributed by atoms with E-state index in [4.69, 9.17) is 0 Å². The second-order valence-corrected chi connectivity index (χ2v) is 5.71. The highest BCUT2D eigenvalue weighted by Crippen LogP contribution is 2.19. The number of rotatable bonds is 4. The number of amides is 1. The standard InChI is InChI=1S/C14H17IN4O/c1-9-14(10(2)19(3)18-9)17-13(20)8-16-12-7-5-4-6-11(12)15/h4-7,16H,8H2,1-3H3,(H,17,20). The molecule has 0 aliphatic heterocycles. The monoisotopic (exact) mass is 384 g/mol. The van der Waals surface area contributed by atoms with Gasteiger partial charge in [-0.3, -0.25) is 9.48 Å². The summed E-state index contributed by atoms with van der Waals surface area (Å²) in [5.74, 6) is -0.0798. The van der Waals surface area contributed by atoms with Gasteiger partial charge in [0.2, 0.25) is 5.91 Å². The molecule has 0 unspecified atom stereocenters. The number of anilines is 2.